The van der Waals surface area contributed by atoms with Crippen LogP contribution in [0.4, 0.5) is 11.4 Å². The van der Waals surface area contributed by atoms with Crippen molar-refractivity contribution >= 4 is 16.9 Å². The Bertz CT molecular complexity index is 1310. The average Bonchev–Trinajstić information content (AvgIpc) is 3.12. The molecule has 0 amide bonds. The molecule has 2 aliphatic carbocycles. The zero-order chi connectivity index (χ0) is 22.7. The van der Waals surface area contributed by atoms with Crippen LogP contribution in [-0.4, -0.2) is 0 Å². The molecule has 0 bridgehead atoms. The molecule has 1 heteroatoms. The first-order valence-electron chi connectivity index (χ1n) is 11.4. The molecule has 1 N–H and O–H groups in total. The fourth-order valence-corrected chi connectivity index (χ4v) is 5.44. The van der Waals surface area contributed by atoms with Crippen LogP contribution in [0.1, 0.15) is 56.9 Å². The van der Waals surface area contributed by atoms with Crippen LogP contribution in [0, 0.1) is 0 Å². The summed E-state index contributed by atoms with van der Waals surface area (Å²) in [7, 11) is 0. The molecule has 0 atom stereocenters. The highest BCUT2D eigenvalue weighted by atomic mass is 14.9. The normalized spacial score (nSPS) is 17.3. The third-order valence-electron chi connectivity index (χ3n) is 7.60. The van der Waals surface area contributed by atoms with E-state index in [0.29, 0.717) is 0 Å². The van der Waals surface area contributed by atoms with Crippen molar-refractivity contribution in [1.82, 2.24) is 0 Å². The van der Waals surface area contributed by atoms with Gasteiger partial charge in [-0.3, -0.25) is 0 Å². The molecule has 5 rings (SSSR count). The predicted molar refractivity (Wildman–Crippen MR) is 139 cm³/mol. The van der Waals surface area contributed by atoms with Crippen molar-refractivity contribution in [3.05, 3.63) is 113 Å². The summed E-state index contributed by atoms with van der Waals surface area (Å²) in [5, 5.41) is 3.69. The summed E-state index contributed by atoms with van der Waals surface area (Å²) in [6, 6.07) is 22.4. The number of nitrogens with one attached hydrogen (secondary N) is 1. The van der Waals surface area contributed by atoms with Crippen molar-refractivity contribution in [2.45, 2.75) is 45.4 Å². The summed E-state index contributed by atoms with van der Waals surface area (Å²) in [4.78, 5) is 0. The van der Waals surface area contributed by atoms with Gasteiger partial charge in [0.15, 0.2) is 0 Å². The van der Waals surface area contributed by atoms with E-state index in [1.54, 1.807) is 0 Å². The van der Waals surface area contributed by atoms with Gasteiger partial charge in [-0.2, -0.15) is 0 Å². The lowest BCUT2D eigenvalue weighted by molar-refractivity contribution is 0.639. The maximum atomic E-state index is 3.83. The van der Waals surface area contributed by atoms with Gasteiger partial charge >= 0.3 is 0 Å². The lowest BCUT2D eigenvalue weighted by Crippen LogP contribution is -2.16. The van der Waals surface area contributed by atoms with Crippen molar-refractivity contribution < 1.29 is 0 Å². The summed E-state index contributed by atoms with van der Waals surface area (Å²) < 4.78 is 0. The molecule has 0 heterocycles. The minimum Gasteiger partial charge on any atom is -0.356 e. The van der Waals surface area contributed by atoms with Crippen LogP contribution in [0.3, 0.4) is 0 Å². The number of hydrogen-bond donors (Lipinski definition) is 1. The van der Waals surface area contributed by atoms with Crippen molar-refractivity contribution in [3.63, 3.8) is 0 Å². The van der Waals surface area contributed by atoms with E-state index in [1.807, 2.05) is 12.2 Å². The Morgan fingerprint density at radius 3 is 2.00 bits per heavy atom. The zero-order valence-corrected chi connectivity index (χ0v) is 19.7. The Kier molecular flexibility index (Phi) is 4.57. The van der Waals surface area contributed by atoms with Gasteiger partial charge in [-0.15, -0.1) is 0 Å². The second-order valence-corrected chi connectivity index (χ2v) is 10.1. The van der Waals surface area contributed by atoms with E-state index in [-0.39, 0.29) is 10.8 Å². The molecule has 0 saturated carbocycles. The lowest BCUT2D eigenvalue weighted by atomic mass is 9.82. The van der Waals surface area contributed by atoms with Crippen LogP contribution in [-0.2, 0) is 10.8 Å². The molecule has 0 fully saturated rings. The van der Waals surface area contributed by atoms with Crippen LogP contribution in [0.25, 0.3) is 16.7 Å². The predicted octanol–water partition coefficient (Wildman–Crippen LogP) is 8.54. The molecule has 0 unspecified atom stereocenters. The van der Waals surface area contributed by atoms with Crippen LogP contribution in [0.15, 0.2) is 91.0 Å². The molecule has 0 aliphatic heterocycles. The highest BCUT2D eigenvalue weighted by Crippen LogP contribution is 2.50. The van der Waals surface area contributed by atoms with E-state index in [9.17, 15) is 0 Å². The van der Waals surface area contributed by atoms with Crippen molar-refractivity contribution in [1.29, 1.82) is 0 Å². The van der Waals surface area contributed by atoms with Crippen LogP contribution < -0.4 is 5.32 Å². The van der Waals surface area contributed by atoms with Crippen LogP contribution in [0.2, 0.25) is 0 Å². The van der Waals surface area contributed by atoms with E-state index >= 15 is 0 Å². The van der Waals surface area contributed by atoms with Crippen molar-refractivity contribution in [3.8, 4) is 11.1 Å². The molecular weight excluding hydrogens is 386 g/mol. The highest BCUT2D eigenvalue weighted by molar-refractivity contribution is 5.87. The standard InChI is InChI=1S/C31H31N/c1-7-8-11-23-20(2)30(3,4)28-18-21(14-16-25(23)28)32-22-15-17-26-24-12-9-10-13-27(24)31(5,6)29(26)19-22/h7-19,32H,1H2,2-6H3/b11-8-. The van der Waals surface area contributed by atoms with E-state index in [0.717, 1.165) is 11.4 Å². The number of rotatable bonds is 4. The smallest absolute Gasteiger partial charge is 0.0387 e. The first-order chi connectivity index (χ1) is 15.2. The van der Waals surface area contributed by atoms with Gasteiger partial charge in [-0.25, -0.2) is 0 Å². The topological polar surface area (TPSA) is 12.0 Å². The fourth-order valence-electron chi connectivity index (χ4n) is 5.44. The summed E-state index contributed by atoms with van der Waals surface area (Å²) in [6.07, 6.45) is 6.05. The lowest BCUT2D eigenvalue weighted by Gasteiger charge is -2.23. The van der Waals surface area contributed by atoms with E-state index < -0.39 is 0 Å². The van der Waals surface area contributed by atoms with E-state index in [4.69, 9.17) is 0 Å². The van der Waals surface area contributed by atoms with Crippen molar-refractivity contribution in [2.75, 3.05) is 5.32 Å². The molecule has 3 aromatic carbocycles. The second kappa shape index (κ2) is 7.10. The molecular formula is C31H31N. The summed E-state index contributed by atoms with van der Waals surface area (Å²) in [5.41, 5.74) is 13.2. The second-order valence-electron chi connectivity index (χ2n) is 10.1. The Labute approximate surface area is 192 Å². The van der Waals surface area contributed by atoms with Gasteiger partial charge in [0.05, 0.1) is 0 Å². The molecule has 1 nitrogen and oxygen atoms in total. The van der Waals surface area contributed by atoms with Gasteiger partial charge in [0.2, 0.25) is 0 Å². The largest absolute Gasteiger partial charge is 0.356 e. The average molecular weight is 418 g/mol. The van der Waals surface area contributed by atoms with E-state index in [2.05, 4.69) is 113 Å². The van der Waals surface area contributed by atoms with Gasteiger partial charge in [0, 0.05) is 22.2 Å². The molecule has 2 aliphatic rings. The first kappa shape index (κ1) is 20.6. The molecule has 0 saturated heterocycles. The summed E-state index contributed by atoms with van der Waals surface area (Å²) in [6.45, 7) is 15.4. The number of anilines is 2. The van der Waals surface area contributed by atoms with Crippen LogP contribution in [0.5, 0.6) is 0 Å². The zero-order valence-electron chi connectivity index (χ0n) is 19.7. The third kappa shape index (κ3) is 2.92. The Morgan fingerprint density at radius 1 is 0.719 bits per heavy atom. The molecule has 160 valence electrons. The molecule has 0 spiro atoms. The molecule has 3 aromatic rings. The number of hydrogen-bond acceptors (Lipinski definition) is 1. The quantitative estimate of drug-likeness (QED) is 0.419. The Balaban J connectivity index is 1.50. The highest BCUT2D eigenvalue weighted by Gasteiger charge is 2.36. The third-order valence-corrected chi connectivity index (χ3v) is 7.60. The Morgan fingerprint density at radius 2 is 1.31 bits per heavy atom. The molecule has 0 radical (unpaired) electrons. The number of benzene rings is 3. The van der Waals surface area contributed by atoms with Gasteiger partial charge in [-0.1, -0.05) is 94.5 Å². The van der Waals surface area contributed by atoms with Gasteiger partial charge in [-0.05, 0) is 70.1 Å². The molecule has 32 heavy (non-hydrogen) atoms. The summed E-state index contributed by atoms with van der Waals surface area (Å²) in [5.74, 6) is 0. The SMILES string of the molecule is C=C/C=C\C1=C(C)C(C)(C)c2cc(Nc3ccc4c(c3)C(C)(C)c3ccccc3-4)ccc21. The minimum absolute atomic E-state index is 0.00936. The van der Waals surface area contributed by atoms with Gasteiger partial charge in [0.25, 0.3) is 0 Å². The summed E-state index contributed by atoms with van der Waals surface area (Å²) >= 11 is 0. The number of fused-ring (bicyclic) bond motifs is 4. The van der Waals surface area contributed by atoms with Gasteiger partial charge in [0.1, 0.15) is 0 Å². The van der Waals surface area contributed by atoms with Crippen LogP contribution >= 0.6 is 0 Å². The molecule has 0 aromatic heterocycles. The van der Waals surface area contributed by atoms with Gasteiger partial charge < -0.3 is 5.32 Å². The monoisotopic (exact) mass is 417 g/mol. The van der Waals surface area contributed by atoms with E-state index in [1.165, 1.54) is 44.5 Å². The number of allylic oxidation sites excluding steroid dienone is 5. The Hall–Kier alpha value is -3.32. The van der Waals surface area contributed by atoms with Crippen molar-refractivity contribution in [2.24, 2.45) is 0 Å². The maximum absolute atomic E-state index is 3.83. The fraction of sp³-hybridized carbons (Fsp3) is 0.226. The maximum Gasteiger partial charge on any atom is 0.0387 e. The minimum atomic E-state index is 0.00936. The first-order valence-corrected chi connectivity index (χ1v) is 11.4.